The molecule has 1 saturated carbocycles. The number of carboxylic acid groups (broad SMARTS) is 1. The van der Waals surface area contributed by atoms with Gasteiger partial charge in [-0.25, -0.2) is 13.2 Å². The van der Waals surface area contributed by atoms with Crippen molar-refractivity contribution in [3.63, 3.8) is 0 Å². The monoisotopic (exact) mass is 398 g/mol. The smallest absolute Gasteiger partial charge is 0.371 e. The van der Waals surface area contributed by atoms with Gasteiger partial charge in [-0.2, -0.15) is 4.31 Å². The summed E-state index contributed by atoms with van der Waals surface area (Å²) < 4.78 is 31.5. The van der Waals surface area contributed by atoms with Gasteiger partial charge < -0.3 is 14.4 Å². The molecule has 0 radical (unpaired) electrons. The molecule has 0 atom stereocenters. The normalized spacial score (nSPS) is 20.5. The third-order valence-electron chi connectivity index (χ3n) is 5.66. The van der Waals surface area contributed by atoms with Crippen molar-refractivity contribution < 1.29 is 27.5 Å². The lowest BCUT2D eigenvalue weighted by molar-refractivity contribution is -0.138. The van der Waals surface area contributed by atoms with Crippen molar-refractivity contribution in [2.45, 2.75) is 56.1 Å². The van der Waals surface area contributed by atoms with E-state index in [0.29, 0.717) is 18.9 Å². The van der Waals surface area contributed by atoms with Crippen molar-refractivity contribution in [3.8, 4) is 0 Å². The molecular formula is C18H26N2O6S. The average molecular weight is 398 g/mol. The van der Waals surface area contributed by atoms with Gasteiger partial charge in [0, 0.05) is 32.1 Å². The molecule has 1 N–H and O–H groups in total. The molecule has 0 spiro atoms. The molecule has 3 rings (SSSR count). The molecule has 1 aromatic heterocycles. The van der Waals surface area contributed by atoms with Crippen LogP contribution in [0.15, 0.2) is 21.6 Å². The van der Waals surface area contributed by atoms with E-state index in [1.807, 2.05) is 11.9 Å². The highest BCUT2D eigenvalue weighted by molar-refractivity contribution is 7.89. The van der Waals surface area contributed by atoms with Crippen molar-refractivity contribution in [3.05, 3.63) is 17.9 Å². The maximum Gasteiger partial charge on any atom is 0.371 e. The molecule has 1 aromatic rings. The molecule has 0 bridgehead atoms. The average Bonchev–Trinajstić information content (AvgIpc) is 3.19. The van der Waals surface area contributed by atoms with Crippen LogP contribution < -0.4 is 0 Å². The molecule has 150 valence electrons. The number of carbonyl (C=O) groups is 2. The van der Waals surface area contributed by atoms with Gasteiger partial charge in [-0.05, 0) is 37.8 Å². The van der Waals surface area contributed by atoms with Crippen LogP contribution in [0, 0.1) is 5.92 Å². The molecule has 9 heteroatoms. The Bertz CT molecular complexity index is 789. The third kappa shape index (κ3) is 4.19. The maximum absolute atomic E-state index is 12.8. The summed E-state index contributed by atoms with van der Waals surface area (Å²) >= 11 is 0. The fraction of sp³-hybridized carbons (Fsp3) is 0.667. The van der Waals surface area contributed by atoms with Gasteiger partial charge in [-0.15, -0.1) is 0 Å². The van der Waals surface area contributed by atoms with Gasteiger partial charge >= 0.3 is 5.97 Å². The van der Waals surface area contributed by atoms with Crippen molar-refractivity contribution in [1.82, 2.24) is 9.21 Å². The van der Waals surface area contributed by atoms with Gasteiger partial charge in [-0.1, -0.05) is 19.3 Å². The van der Waals surface area contributed by atoms with Gasteiger partial charge in [-0.3, -0.25) is 4.79 Å². The Morgan fingerprint density at radius 3 is 2.30 bits per heavy atom. The quantitative estimate of drug-likeness (QED) is 0.814. The molecule has 1 saturated heterocycles. The summed E-state index contributed by atoms with van der Waals surface area (Å²) in [4.78, 5) is 25.5. The number of rotatable bonds is 5. The van der Waals surface area contributed by atoms with Gasteiger partial charge in [0.15, 0.2) is 0 Å². The van der Waals surface area contributed by atoms with E-state index in [9.17, 15) is 18.0 Å². The number of amides is 1. The molecule has 2 aliphatic rings. The van der Waals surface area contributed by atoms with E-state index in [-0.39, 0.29) is 30.0 Å². The number of furan rings is 1. The summed E-state index contributed by atoms with van der Waals surface area (Å²) in [5.74, 6) is -1.79. The summed E-state index contributed by atoms with van der Waals surface area (Å²) in [6.07, 6.45) is 6.54. The Morgan fingerprint density at radius 1 is 1.11 bits per heavy atom. The van der Waals surface area contributed by atoms with Gasteiger partial charge in [0.25, 0.3) is 10.0 Å². The topological polar surface area (TPSA) is 108 Å². The molecule has 0 unspecified atom stereocenters. The minimum Gasteiger partial charge on any atom is -0.475 e. The number of hydrogen-bond acceptors (Lipinski definition) is 5. The molecule has 2 fully saturated rings. The minimum atomic E-state index is -3.89. The number of aromatic carboxylic acids is 1. The zero-order valence-electron chi connectivity index (χ0n) is 15.5. The van der Waals surface area contributed by atoms with Crippen molar-refractivity contribution in [2.75, 3.05) is 20.1 Å². The molecule has 1 aliphatic carbocycles. The van der Waals surface area contributed by atoms with Crippen LogP contribution >= 0.6 is 0 Å². The minimum absolute atomic E-state index is 0.102. The highest BCUT2D eigenvalue weighted by Crippen LogP contribution is 2.28. The molecule has 1 amide bonds. The number of sulfonamides is 1. The third-order valence-corrected chi connectivity index (χ3v) is 7.43. The van der Waals surface area contributed by atoms with Crippen LogP contribution in [0.25, 0.3) is 0 Å². The lowest BCUT2D eigenvalue weighted by atomic mass is 9.91. The van der Waals surface area contributed by atoms with Gasteiger partial charge in [0.1, 0.15) is 0 Å². The van der Waals surface area contributed by atoms with E-state index in [2.05, 4.69) is 0 Å². The fourth-order valence-corrected chi connectivity index (χ4v) is 5.36. The summed E-state index contributed by atoms with van der Waals surface area (Å²) in [5, 5.41) is 8.51. The number of hydrogen-bond donors (Lipinski definition) is 1. The molecule has 2 heterocycles. The highest BCUT2D eigenvalue weighted by atomic mass is 32.2. The first-order chi connectivity index (χ1) is 12.8. The first kappa shape index (κ1) is 19.9. The van der Waals surface area contributed by atoms with Crippen LogP contribution in [0.1, 0.15) is 55.5 Å². The Balaban J connectivity index is 1.60. The second-order valence-corrected chi connectivity index (χ2v) is 9.21. The Hall–Kier alpha value is -1.87. The summed E-state index contributed by atoms with van der Waals surface area (Å²) in [5.41, 5.74) is 0. The summed E-state index contributed by atoms with van der Waals surface area (Å²) in [6, 6.07) is 2.59. The van der Waals surface area contributed by atoms with Gasteiger partial charge in [0.2, 0.25) is 16.8 Å². The van der Waals surface area contributed by atoms with Crippen LogP contribution in [0.5, 0.6) is 0 Å². The van der Waals surface area contributed by atoms with Gasteiger partial charge in [0.05, 0.1) is 0 Å². The first-order valence-corrected chi connectivity index (χ1v) is 10.8. The van der Waals surface area contributed by atoms with E-state index in [1.165, 1.54) is 10.7 Å². The van der Waals surface area contributed by atoms with Crippen molar-refractivity contribution in [2.24, 2.45) is 5.92 Å². The Morgan fingerprint density at radius 2 is 1.74 bits per heavy atom. The fourth-order valence-electron chi connectivity index (χ4n) is 3.98. The summed E-state index contributed by atoms with van der Waals surface area (Å²) in [7, 11) is -2.03. The van der Waals surface area contributed by atoms with Crippen LogP contribution in [0.3, 0.4) is 0 Å². The van der Waals surface area contributed by atoms with Crippen molar-refractivity contribution >= 4 is 21.9 Å². The highest BCUT2D eigenvalue weighted by Gasteiger charge is 2.36. The molecule has 0 aromatic carbocycles. The molecule has 1 aliphatic heterocycles. The molecule has 8 nitrogen and oxygen atoms in total. The zero-order valence-corrected chi connectivity index (χ0v) is 16.3. The number of carbonyl (C=O) groups excluding carboxylic acids is 1. The van der Waals surface area contributed by atoms with E-state index in [0.717, 1.165) is 37.8 Å². The lowest BCUT2D eigenvalue weighted by Gasteiger charge is -2.36. The predicted octanol–water partition coefficient (Wildman–Crippen LogP) is 2.17. The summed E-state index contributed by atoms with van der Waals surface area (Å²) in [6.45, 7) is 0.445. The van der Waals surface area contributed by atoms with E-state index in [4.69, 9.17) is 9.52 Å². The zero-order chi connectivity index (χ0) is 19.6. The molecule has 27 heavy (non-hydrogen) atoms. The van der Waals surface area contributed by atoms with Crippen LogP contribution in [0.2, 0.25) is 0 Å². The first-order valence-electron chi connectivity index (χ1n) is 9.40. The largest absolute Gasteiger partial charge is 0.475 e. The van der Waals surface area contributed by atoms with Crippen LogP contribution in [-0.4, -0.2) is 60.8 Å². The van der Waals surface area contributed by atoms with Crippen LogP contribution in [-0.2, 0) is 14.8 Å². The predicted molar refractivity (Wildman–Crippen MR) is 96.8 cm³/mol. The number of carboxylic acids is 1. The maximum atomic E-state index is 12.8. The van der Waals surface area contributed by atoms with E-state index >= 15 is 0 Å². The lowest BCUT2D eigenvalue weighted by Crippen LogP contribution is -2.46. The second kappa shape index (κ2) is 8.02. The number of piperidine rings is 1. The van der Waals surface area contributed by atoms with Crippen molar-refractivity contribution in [1.29, 1.82) is 0 Å². The van der Waals surface area contributed by atoms with E-state index in [1.54, 1.807) is 0 Å². The number of nitrogens with zero attached hydrogens (tertiary/aromatic N) is 2. The SMILES string of the molecule is CN(C(=O)C1CCN(S(=O)(=O)c2ccc(C(=O)O)o2)CC1)C1CCCCC1. The second-order valence-electron chi connectivity index (χ2n) is 7.34. The Labute approximate surface area is 159 Å². The Kier molecular flexibility index (Phi) is 5.90. The standard InChI is InChI=1S/C18H26N2O6S/c1-19(14-5-3-2-4-6-14)17(21)13-9-11-20(12-10-13)27(24,25)16-8-7-15(26-16)18(22)23/h7-8,13-14H,2-6,9-12H2,1H3,(H,22,23). The van der Waals surface area contributed by atoms with Crippen LogP contribution in [0.4, 0.5) is 0 Å². The van der Waals surface area contributed by atoms with E-state index < -0.39 is 21.8 Å². The molecular weight excluding hydrogens is 372 g/mol.